The molecule has 1 rings (SSSR count). The topological polar surface area (TPSA) is 81.4 Å². The zero-order valence-electron chi connectivity index (χ0n) is 12.1. The average Bonchev–Trinajstić information content (AvgIpc) is 2.37. The molecule has 5 heteroatoms. The lowest BCUT2D eigenvalue weighted by molar-refractivity contribution is -0.146. The van der Waals surface area contributed by atoms with E-state index >= 15 is 0 Å². The highest BCUT2D eigenvalue weighted by atomic mass is 16.5. The molecule has 19 heavy (non-hydrogen) atoms. The van der Waals surface area contributed by atoms with Crippen molar-refractivity contribution in [1.29, 1.82) is 0 Å². The molecule has 0 aromatic rings. The number of hydrogen-bond donors (Lipinski definition) is 2. The van der Waals surface area contributed by atoms with Gasteiger partial charge in [-0.2, -0.15) is 0 Å². The molecule has 1 fully saturated rings. The molecule has 3 unspecified atom stereocenters. The number of esters is 1. The normalized spacial score (nSPS) is 24.9. The van der Waals surface area contributed by atoms with Gasteiger partial charge in [-0.25, -0.2) is 4.79 Å². The van der Waals surface area contributed by atoms with E-state index in [0.29, 0.717) is 6.42 Å². The van der Waals surface area contributed by atoms with Crippen molar-refractivity contribution >= 4 is 11.9 Å². The van der Waals surface area contributed by atoms with Crippen molar-refractivity contribution in [3.05, 3.63) is 0 Å². The SMILES string of the molecule is COC(=O)C(NC(=O)CC1CCCCC1N)C(C)C. The number of amides is 1. The van der Waals surface area contributed by atoms with Gasteiger partial charge in [0.1, 0.15) is 6.04 Å². The van der Waals surface area contributed by atoms with Gasteiger partial charge in [0, 0.05) is 12.5 Å². The molecule has 1 aliphatic rings. The van der Waals surface area contributed by atoms with Gasteiger partial charge in [0.15, 0.2) is 0 Å². The number of carbonyl (C=O) groups excluding carboxylic acids is 2. The van der Waals surface area contributed by atoms with E-state index in [2.05, 4.69) is 5.32 Å². The van der Waals surface area contributed by atoms with Crippen LogP contribution in [-0.2, 0) is 14.3 Å². The Morgan fingerprint density at radius 1 is 1.32 bits per heavy atom. The molecule has 0 radical (unpaired) electrons. The zero-order chi connectivity index (χ0) is 14.4. The second-order valence-electron chi connectivity index (χ2n) is 5.72. The van der Waals surface area contributed by atoms with Crippen molar-refractivity contribution in [2.45, 2.75) is 58.0 Å². The van der Waals surface area contributed by atoms with E-state index in [1.807, 2.05) is 13.8 Å². The van der Waals surface area contributed by atoms with Gasteiger partial charge < -0.3 is 15.8 Å². The van der Waals surface area contributed by atoms with Crippen LogP contribution in [0, 0.1) is 11.8 Å². The van der Waals surface area contributed by atoms with Gasteiger partial charge in [0.2, 0.25) is 5.91 Å². The molecule has 110 valence electrons. The summed E-state index contributed by atoms with van der Waals surface area (Å²) in [7, 11) is 1.33. The Kier molecular flexibility index (Phi) is 6.28. The van der Waals surface area contributed by atoms with Crippen LogP contribution < -0.4 is 11.1 Å². The predicted molar refractivity (Wildman–Crippen MR) is 73.3 cm³/mol. The average molecular weight is 270 g/mol. The van der Waals surface area contributed by atoms with E-state index in [9.17, 15) is 9.59 Å². The van der Waals surface area contributed by atoms with Crippen LogP contribution in [0.4, 0.5) is 0 Å². The largest absolute Gasteiger partial charge is 0.467 e. The highest BCUT2D eigenvalue weighted by molar-refractivity contribution is 5.84. The van der Waals surface area contributed by atoms with E-state index in [0.717, 1.165) is 25.7 Å². The number of hydrogen-bond acceptors (Lipinski definition) is 4. The first-order valence-electron chi connectivity index (χ1n) is 7.08. The Labute approximate surface area is 115 Å². The minimum Gasteiger partial charge on any atom is -0.467 e. The van der Waals surface area contributed by atoms with Gasteiger partial charge in [-0.1, -0.05) is 26.7 Å². The molecule has 0 bridgehead atoms. The maximum Gasteiger partial charge on any atom is 0.328 e. The number of rotatable bonds is 5. The van der Waals surface area contributed by atoms with Crippen molar-refractivity contribution < 1.29 is 14.3 Å². The molecule has 0 spiro atoms. The Morgan fingerprint density at radius 3 is 2.47 bits per heavy atom. The van der Waals surface area contributed by atoms with Gasteiger partial charge in [-0.05, 0) is 24.7 Å². The molecule has 1 aliphatic carbocycles. The molecule has 0 aliphatic heterocycles. The molecule has 1 amide bonds. The number of nitrogens with one attached hydrogen (secondary N) is 1. The molecule has 0 heterocycles. The van der Waals surface area contributed by atoms with Crippen LogP contribution in [0.2, 0.25) is 0 Å². The fraction of sp³-hybridized carbons (Fsp3) is 0.857. The second kappa shape index (κ2) is 7.48. The van der Waals surface area contributed by atoms with Crippen LogP contribution in [0.1, 0.15) is 46.0 Å². The van der Waals surface area contributed by atoms with E-state index < -0.39 is 12.0 Å². The fourth-order valence-corrected chi connectivity index (χ4v) is 2.59. The summed E-state index contributed by atoms with van der Waals surface area (Å²) in [6, 6.07) is -0.465. The third-order valence-corrected chi connectivity index (χ3v) is 3.85. The van der Waals surface area contributed by atoms with Gasteiger partial charge in [-0.15, -0.1) is 0 Å². The Morgan fingerprint density at radius 2 is 1.95 bits per heavy atom. The highest BCUT2D eigenvalue weighted by Gasteiger charge is 2.28. The van der Waals surface area contributed by atoms with Gasteiger partial charge in [-0.3, -0.25) is 4.79 Å². The van der Waals surface area contributed by atoms with Crippen LogP contribution in [0.25, 0.3) is 0 Å². The van der Waals surface area contributed by atoms with Crippen molar-refractivity contribution in [1.82, 2.24) is 5.32 Å². The summed E-state index contributed by atoms with van der Waals surface area (Å²) in [5.41, 5.74) is 6.03. The zero-order valence-corrected chi connectivity index (χ0v) is 12.1. The maximum absolute atomic E-state index is 12.0. The quantitative estimate of drug-likeness (QED) is 0.736. The number of carbonyl (C=O) groups is 2. The molecular formula is C14H26N2O3. The minimum atomic E-state index is -0.572. The second-order valence-corrected chi connectivity index (χ2v) is 5.72. The summed E-state index contributed by atoms with van der Waals surface area (Å²) < 4.78 is 4.71. The van der Waals surface area contributed by atoms with E-state index in [-0.39, 0.29) is 23.8 Å². The molecule has 5 nitrogen and oxygen atoms in total. The lowest BCUT2D eigenvalue weighted by atomic mass is 9.83. The number of nitrogens with two attached hydrogens (primary N) is 1. The first-order valence-corrected chi connectivity index (χ1v) is 7.08. The molecular weight excluding hydrogens is 244 g/mol. The van der Waals surface area contributed by atoms with Crippen molar-refractivity contribution in [3.63, 3.8) is 0 Å². The molecule has 3 N–H and O–H groups in total. The smallest absolute Gasteiger partial charge is 0.328 e. The standard InChI is InChI=1S/C14H26N2O3/c1-9(2)13(14(18)19-3)16-12(17)8-10-6-4-5-7-11(10)15/h9-11,13H,4-8,15H2,1-3H3,(H,16,17). The molecule has 0 aromatic heterocycles. The van der Waals surface area contributed by atoms with Crippen LogP contribution in [0.15, 0.2) is 0 Å². The van der Waals surface area contributed by atoms with Crippen molar-refractivity contribution in [2.24, 2.45) is 17.6 Å². The van der Waals surface area contributed by atoms with Crippen molar-refractivity contribution in [2.75, 3.05) is 7.11 Å². The Balaban J connectivity index is 2.50. The van der Waals surface area contributed by atoms with Crippen LogP contribution >= 0.6 is 0 Å². The van der Waals surface area contributed by atoms with Gasteiger partial charge in [0.05, 0.1) is 7.11 Å². The number of ether oxygens (including phenoxy) is 1. The third-order valence-electron chi connectivity index (χ3n) is 3.85. The van der Waals surface area contributed by atoms with Crippen LogP contribution in [-0.4, -0.2) is 31.1 Å². The lowest BCUT2D eigenvalue weighted by Gasteiger charge is -2.29. The van der Waals surface area contributed by atoms with E-state index in [1.165, 1.54) is 7.11 Å². The summed E-state index contributed by atoms with van der Waals surface area (Å²) in [5.74, 6) is -0.251. The maximum atomic E-state index is 12.0. The summed E-state index contributed by atoms with van der Waals surface area (Å²) >= 11 is 0. The fourth-order valence-electron chi connectivity index (χ4n) is 2.59. The predicted octanol–water partition coefficient (Wildman–Crippen LogP) is 1.21. The molecule has 3 atom stereocenters. The molecule has 0 saturated heterocycles. The van der Waals surface area contributed by atoms with E-state index in [4.69, 9.17) is 10.5 Å². The van der Waals surface area contributed by atoms with Gasteiger partial charge >= 0.3 is 5.97 Å². The highest BCUT2D eigenvalue weighted by Crippen LogP contribution is 2.25. The molecule has 1 saturated carbocycles. The van der Waals surface area contributed by atoms with Gasteiger partial charge in [0.25, 0.3) is 0 Å². The first-order chi connectivity index (χ1) is 8.95. The van der Waals surface area contributed by atoms with E-state index in [1.54, 1.807) is 0 Å². The number of methoxy groups -OCH3 is 1. The lowest BCUT2D eigenvalue weighted by Crippen LogP contribution is -2.46. The Bertz CT molecular complexity index is 318. The van der Waals surface area contributed by atoms with Crippen LogP contribution in [0.3, 0.4) is 0 Å². The van der Waals surface area contributed by atoms with Crippen LogP contribution in [0.5, 0.6) is 0 Å². The first kappa shape index (κ1) is 16.0. The summed E-state index contributed by atoms with van der Waals surface area (Å²) in [5, 5.41) is 2.77. The monoisotopic (exact) mass is 270 g/mol. The summed E-state index contributed by atoms with van der Waals surface area (Å²) in [6.07, 6.45) is 4.68. The third kappa shape index (κ3) is 4.82. The Hall–Kier alpha value is -1.10. The summed E-state index contributed by atoms with van der Waals surface area (Å²) in [4.78, 5) is 23.6. The van der Waals surface area contributed by atoms with Crippen molar-refractivity contribution in [3.8, 4) is 0 Å². The molecule has 0 aromatic carbocycles. The minimum absolute atomic E-state index is 0.0106. The summed E-state index contributed by atoms with van der Waals surface area (Å²) in [6.45, 7) is 3.77.